The number of carbonyl (C=O) groups is 1. The lowest BCUT2D eigenvalue weighted by molar-refractivity contribution is -0.123. The lowest BCUT2D eigenvalue weighted by Crippen LogP contribution is -2.56. The van der Waals surface area contributed by atoms with Gasteiger partial charge in [-0.3, -0.25) is 9.36 Å². The number of aromatic nitrogens is 3. The van der Waals surface area contributed by atoms with Crippen LogP contribution in [0.4, 0.5) is 0 Å². The van der Waals surface area contributed by atoms with Crippen molar-refractivity contribution in [1.82, 2.24) is 20.1 Å². The van der Waals surface area contributed by atoms with E-state index in [2.05, 4.69) is 34.6 Å². The molecule has 0 radical (unpaired) electrons. The molecule has 4 saturated carbocycles. The fourth-order valence-corrected chi connectivity index (χ4v) is 7.92. The summed E-state index contributed by atoms with van der Waals surface area (Å²) in [7, 11) is 0. The zero-order chi connectivity index (χ0) is 23.1. The molecular formula is C27H32N4O2S. The fourth-order valence-electron chi connectivity index (χ4n) is 7.17. The Bertz CT molecular complexity index is 1110. The van der Waals surface area contributed by atoms with Gasteiger partial charge < -0.3 is 9.73 Å². The molecule has 6 nitrogen and oxygen atoms in total. The Morgan fingerprint density at radius 1 is 1.09 bits per heavy atom. The Morgan fingerprint density at radius 3 is 2.44 bits per heavy atom. The summed E-state index contributed by atoms with van der Waals surface area (Å²) in [4.78, 5) is 13.0. The van der Waals surface area contributed by atoms with E-state index in [-0.39, 0.29) is 11.9 Å². The van der Waals surface area contributed by atoms with Crippen molar-refractivity contribution < 1.29 is 9.21 Å². The van der Waals surface area contributed by atoms with E-state index in [0.29, 0.717) is 29.3 Å². The molecule has 0 spiro atoms. The van der Waals surface area contributed by atoms with E-state index in [1.165, 1.54) is 50.3 Å². The Balaban J connectivity index is 1.14. The predicted molar refractivity (Wildman–Crippen MR) is 132 cm³/mol. The lowest BCUT2D eigenvalue weighted by atomic mass is 9.48. The average molecular weight is 477 g/mol. The molecule has 7 heteroatoms. The molecule has 4 aliphatic rings. The minimum atomic E-state index is 0.0852. The molecule has 1 amide bonds. The highest BCUT2D eigenvalue weighted by molar-refractivity contribution is 7.99. The summed E-state index contributed by atoms with van der Waals surface area (Å²) in [5, 5.41) is 12.9. The fraction of sp³-hybridized carbons (Fsp3) is 0.519. The van der Waals surface area contributed by atoms with E-state index in [9.17, 15) is 4.79 Å². The van der Waals surface area contributed by atoms with Crippen molar-refractivity contribution >= 4 is 17.7 Å². The molecule has 1 unspecified atom stereocenters. The van der Waals surface area contributed by atoms with Gasteiger partial charge >= 0.3 is 0 Å². The first-order valence-corrected chi connectivity index (χ1v) is 13.5. The third-order valence-electron chi connectivity index (χ3n) is 8.36. The highest BCUT2D eigenvalue weighted by Gasteiger charge is 2.53. The van der Waals surface area contributed by atoms with Gasteiger partial charge in [-0.25, -0.2) is 0 Å². The van der Waals surface area contributed by atoms with Gasteiger partial charge in [-0.2, -0.15) is 0 Å². The van der Waals surface area contributed by atoms with Gasteiger partial charge in [-0.1, -0.05) is 42.1 Å². The second kappa shape index (κ2) is 8.91. The van der Waals surface area contributed by atoms with Crippen LogP contribution in [0.15, 0.2) is 58.3 Å². The van der Waals surface area contributed by atoms with E-state index in [4.69, 9.17) is 4.42 Å². The van der Waals surface area contributed by atoms with Crippen LogP contribution >= 0.6 is 11.8 Å². The van der Waals surface area contributed by atoms with E-state index >= 15 is 0 Å². The molecule has 1 aromatic carbocycles. The van der Waals surface area contributed by atoms with Gasteiger partial charge in [0.05, 0.1) is 18.6 Å². The molecule has 7 rings (SSSR count). The second-order valence-electron chi connectivity index (χ2n) is 10.7. The Labute approximate surface area is 204 Å². The predicted octanol–water partition coefficient (Wildman–Crippen LogP) is 5.40. The summed E-state index contributed by atoms with van der Waals surface area (Å²) in [5.41, 5.74) is 1.46. The van der Waals surface area contributed by atoms with Crippen molar-refractivity contribution in [3.8, 4) is 11.6 Å². The van der Waals surface area contributed by atoms with Gasteiger partial charge in [0.15, 0.2) is 10.9 Å². The third-order valence-corrected chi connectivity index (χ3v) is 9.32. The largest absolute Gasteiger partial charge is 0.461 e. The van der Waals surface area contributed by atoms with Crippen molar-refractivity contribution in [3.05, 3.63) is 54.3 Å². The molecule has 1 atom stereocenters. The van der Waals surface area contributed by atoms with Gasteiger partial charge in [0.2, 0.25) is 11.7 Å². The van der Waals surface area contributed by atoms with Crippen LogP contribution in [0, 0.1) is 23.2 Å². The SMILES string of the molecule is CC(NC(=O)CSc1nnc(-c2ccco2)n1Cc1ccccc1)C12CC3CC(CC(C3)C1)C2. The molecule has 0 aliphatic heterocycles. The molecule has 1 N–H and O–H groups in total. The second-order valence-corrected chi connectivity index (χ2v) is 11.7. The Morgan fingerprint density at radius 2 is 1.79 bits per heavy atom. The van der Waals surface area contributed by atoms with Crippen molar-refractivity contribution in [1.29, 1.82) is 0 Å². The number of amides is 1. The number of benzene rings is 1. The summed E-state index contributed by atoms with van der Waals surface area (Å²) >= 11 is 1.45. The molecule has 2 heterocycles. The summed E-state index contributed by atoms with van der Waals surface area (Å²) < 4.78 is 7.63. The molecule has 0 saturated heterocycles. The topological polar surface area (TPSA) is 73.0 Å². The number of thioether (sulfide) groups is 1. The number of hydrogen-bond acceptors (Lipinski definition) is 5. The monoisotopic (exact) mass is 476 g/mol. The number of furan rings is 1. The first kappa shape index (κ1) is 22.0. The van der Waals surface area contributed by atoms with Gasteiger partial charge in [0.1, 0.15) is 0 Å². The first-order chi connectivity index (χ1) is 16.6. The number of nitrogens with zero attached hydrogens (tertiary/aromatic N) is 3. The molecule has 2 aromatic heterocycles. The zero-order valence-corrected chi connectivity index (χ0v) is 20.5. The van der Waals surface area contributed by atoms with Crippen molar-refractivity contribution in [2.75, 3.05) is 5.75 Å². The molecule has 4 fully saturated rings. The van der Waals surface area contributed by atoms with Gasteiger partial charge in [-0.05, 0) is 86.3 Å². The van der Waals surface area contributed by atoms with E-state index < -0.39 is 0 Å². The summed E-state index contributed by atoms with van der Waals surface area (Å²) in [5.74, 6) is 4.43. The standard InChI is InChI=1S/C27H32N4O2S/c1-18(27-13-20-10-21(14-27)12-22(11-20)15-27)28-24(32)17-34-26-30-29-25(23-8-5-9-33-23)31(26)16-19-6-3-2-4-7-19/h2-9,18,20-22H,10-17H2,1H3,(H,28,32). The molecule has 4 bridgehead atoms. The highest BCUT2D eigenvalue weighted by atomic mass is 32.2. The van der Waals surface area contributed by atoms with E-state index in [0.717, 1.165) is 28.5 Å². The van der Waals surface area contributed by atoms with Crippen LogP contribution in [0.1, 0.15) is 51.0 Å². The Kier molecular flexibility index (Phi) is 5.76. The summed E-state index contributed by atoms with van der Waals surface area (Å²) in [6.07, 6.45) is 9.80. The van der Waals surface area contributed by atoms with E-state index in [1.807, 2.05) is 34.9 Å². The summed E-state index contributed by atoms with van der Waals surface area (Å²) in [6, 6.07) is 14.2. The quantitative estimate of drug-likeness (QED) is 0.441. The molecular weight excluding hydrogens is 444 g/mol. The van der Waals surface area contributed by atoms with Crippen molar-refractivity contribution in [2.24, 2.45) is 23.2 Å². The summed E-state index contributed by atoms with van der Waals surface area (Å²) in [6.45, 7) is 2.86. The molecule has 34 heavy (non-hydrogen) atoms. The number of hydrogen-bond donors (Lipinski definition) is 1. The number of carbonyl (C=O) groups excluding carboxylic acids is 1. The molecule has 178 valence electrons. The van der Waals surface area contributed by atoms with Crippen LogP contribution < -0.4 is 5.32 Å². The van der Waals surface area contributed by atoms with Gasteiger partial charge in [0, 0.05) is 6.04 Å². The normalized spacial score (nSPS) is 28.2. The van der Waals surface area contributed by atoms with E-state index in [1.54, 1.807) is 6.26 Å². The minimum Gasteiger partial charge on any atom is -0.461 e. The van der Waals surface area contributed by atoms with Crippen LogP contribution in [0.25, 0.3) is 11.6 Å². The third kappa shape index (κ3) is 4.19. The van der Waals surface area contributed by atoms with Gasteiger partial charge in [-0.15, -0.1) is 10.2 Å². The van der Waals surface area contributed by atoms with Crippen LogP contribution in [0.3, 0.4) is 0 Å². The lowest BCUT2D eigenvalue weighted by Gasteiger charge is -2.59. The first-order valence-electron chi connectivity index (χ1n) is 12.5. The number of rotatable bonds is 8. The van der Waals surface area contributed by atoms with Crippen molar-refractivity contribution in [2.45, 2.75) is 63.2 Å². The minimum absolute atomic E-state index is 0.0852. The smallest absolute Gasteiger partial charge is 0.230 e. The van der Waals surface area contributed by atoms with Crippen LogP contribution in [-0.4, -0.2) is 32.5 Å². The van der Waals surface area contributed by atoms with Crippen LogP contribution in [0.5, 0.6) is 0 Å². The maximum Gasteiger partial charge on any atom is 0.230 e. The van der Waals surface area contributed by atoms with Crippen LogP contribution in [-0.2, 0) is 11.3 Å². The zero-order valence-electron chi connectivity index (χ0n) is 19.7. The van der Waals surface area contributed by atoms with Crippen molar-refractivity contribution in [3.63, 3.8) is 0 Å². The molecule has 4 aliphatic carbocycles. The van der Waals surface area contributed by atoms with Gasteiger partial charge in [0.25, 0.3) is 0 Å². The maximum absolute atomic E-state index is 13.0. The highest BCUT2D eigenvalue weighted by Crippen LogP contribution is 2.61. The number of nitrogens with one attached hydrogen (secondary N) is 1. The maximum atomic E-state index is 13.0. The van der Waals surface area contributed by atoms with Crippen LogP contribution in [0.2, 0.25) is 0 Å². The Hall–Kier alpha value is -2.54. The molecule has 3 aromatic rings. The average Bonchev–Trinajstić information content (AvgIpc) is 3.48.